The first-order chi connectivity index (χ1) is 9.81. The molecule has 0 radical (unpaired) electrons. The highest BCUT2D eigenvalue weighted by Gasteiger charge is 2.16. The number of hydrogen-bond donors (Lipinski definition) is 1. The summed E-state index contributed by atoms with van der Waals surface area (Å²) in [4.78, 5) is 6.79. The summed E-state index contributed by atoms with van der Waals surface area (Å²) in [6, 6.07) is 8.58. The van der Waals surface area contributed by atoms with Gasteiger partial charge in [0.25, 0.3) is 0 Å². The minimum absolute atomic E-state index is 0.801. The van der Waals surface area contributed by atoms with Crippen molar-refractivity contribution < 1.29 is 0 Å². The second-order valence-electron chi connectivity index (χ2n) is 5.55. The lowest BCUT2D eigenvalue weighted by Crippen LogP contribution is -2.32. The van der Waals surface area contributed by atoms with Crippen molar-refractivity contribution in [2.24, 2.45) is 5.92 Å². The predicted octanol–water partition coefficient (Wildman–Crippen LogP) is 3.56. The molecular weight excluding hydrogens is 266 g/mol. The molecule has 20 heavy (non-hydrogen) atoms. The van der Waals surface area contributed by atoms with Gasteiger partial charge in [0.1, 0.15) is 5.01 Å². The fourth-order valence-corrected chi connectivity index (χ4v) is 3.29. The van der Waals surface area contributed by atoms with Crippen LogP contribution in [0, 0.1) is 5.92 Å². The number of thiazole rings is 1. The van der Waals surface area contributed by atoms with Crippen LogP contribution in [0.1, 0.15) is 12.8 Å². The standard InChI is InChI=1S/C16H21N3S/c1-19-8-5-13(6-9-19)12-18-15-4-2-3-14(11-15)16-17-7-10-20-16/h2-4,7,10-11,13,18H,5-6,8-9,12H2,1H3. The van der Waals surface area contributed by atoms with E-state index in [0.29, 0.717) is 0 Å². The smallest absolute Gasteiger partial charge is 0.123 e. The summed E-state index contributed by atoms with van der Waals surface area (Å²) in [5, 5.41) is 6.70. The van der Waals surface area contributed by atoms with Gasteiger partial charge >= 0.3 is 0 Å². The monoisotopic (exact) mass is 287 g/mol. The van der Waals surface area contributed by atoms with Crippen LogP contribution in [-0.2, 0) is 0 Å². The number of benzene rings is 1. The van der Waals surface area contributed by atoms with E-state index < -0.39 is 0 Å². The first-order valence-electron chi connectivity index (χ1n) is 7.23. The van der Waals surface area contributed by atoms with E-state index in [2.05, 4.69) is 46.5 Å². The number of hydrogen-bond acceptors (Lipinski definition) is 4. The first kappa shape index (κ1) is 13.6. The second-order valence-corrected chi connectivity index (χ2v) is 6.44. The zero-order valence-corrected chi connectivity index (χ0v) is 12.7. The largest absolute Gasteiger partial charge is 0.385 e. The van der Waals surface area contributed by atoms with Gasteiger partial charge in [-0.25, -0.2) is 4.98 Å². The predicted molar refractivity (Wildman–Crippen MR) is 86.3 cm³/mol. The van der Waals surface area contributed by atoms with Gasteiger partial charge in [-0.15, -0.1) is 11.3 Å². The molecule has 1 aromatic heterocycles. The van der Waals surface area contributed by atoms with Crippen LogP contribution in [0.15, 0.2) is 35.8 Å². The highest BCUT2D eigenvalue weighted by Crippen LogP contribution is 2.25. The molecule has 3 nitrogen and oxygen atoms in total. The summed E-state index contributed by atoms with van der Waals surface area (Å²) in [5.41, 5.74) is 2.41. The van der Waals surface area contributed by atoms with Crippen molar-refractivity contribution in [2.45, 2.75) is 12.8 Å². The Labute approximate surface area is 124 Å². The molecule has 0 unspecified atom stereocenters. The lowest BCUT2D eigenvalue weighted by molar-refractivity contribution is 0.226. The van der Waals surface area contributed by atoms with Gasteiger partial charge in [-0.05, 0) is 51.0 Å². The molecule has 0 aliphatic carbocycles. The highest BCUT2D eigenvalue weighted by molar-refractivity contribution is 7.13. The molecule has 4 heteroatoms. The first-order valence-corrected chi connectivity index (χ1v) is 8.11. The second kappa shape index (κ2) is 6.37. The van der Waals surface area contributed by atoms with Crippen LogP contribution < -0.4 is 5.32 Å². The quantitative estimate of drug-likeness (QED) is 0.932. The minimum atomic E-state index is 0.801. The highest BCUT2D eigenvalue weighted by atomic mass is 32.1. The molecule has 1 saturated heterocycles. The molecule has 2 heterocycles. The SMILES string of the molecule is CN1CCC(CNc2cccc(-c3nccs3)c2)CC1. The van der Waals surface area contributed by atoms with Gasteiger partial charge < -0.3 is 10.2 Å². The summed E-state index contributed by atoms with van der Waals surface area (Å²) in [6.45, 7) is 3.53. The van der Waals surface area contributed by atoms with E-state index in [1.54, 1.807) is 11.3 Å². The topological polar surface area (TPSA) is 28.2 Å². The number of aromatic nitrogens is 1. The van der Waals surface area contributed by atoms with E-state index in [0.717, 1.165) is 17.5 Å². The van der Waals surface area contributed by atoms with Crippen LogP contribution >= 0.6 is 11.3 Å². The molecule has 0 spiro atoms. The average molecular weight is 287 g/mol. The summed E-state index contributed by atoms with van der Waals surface area (Å²) >= 11 is 1.69. The average Bonchev–Trinajstić information content (AvgIpc) is 3.01. The molecule has 0 saturated carbocycles. The third-order valence-electron chi connectivity index (χ3n) is 3.97. The summed E-state index contributed by atoms with van der Waals surface area (Å²) in [6.07, 6.45) is 4.46. The maximum Gasteiger partial charge on any atom is 0.123 e. The number of rotatable bonds is 4. The molecule has 2 aromatic rings. The Morgan fingerprint density at radius 3 is 2.95 bits per heavy atom. The lowest BCUT2D eigenvalue weighted by atomic mass is 9.97. The molecule has 1 N–H and O–H groups in total. The van der Waals surface area contributed by atoms with Crippen molar-refractivity contribution in [3.8, 4) is 10.6 Å². The van der Waals surface area contributed by atoms with Crippen molar-refractivity contribution in [2.75, 3.05) is 32.0 Å². The molecule has 1 aromatic carbocycles. The number of likely N-dealkylation sites (tertiary alicyclic amines) is 1. The van der Waals surface area contributed by atoms with Gasteiger partial charge in [0, 0.05) is 29.4 Å². The number of nitrogens with zero attached hydrogens (tertiary/aromatic N) is 2. The molecule has 0 amide bonds. The Hall–Kier alpha value is -1.39. The van der Waals surface area contributed by atoms with Crippen molar-refractivity contribution in [1.29, 1.82) is 0 Å². The van der Waals surface area contributed by atoms with E-state index in [-0.39, 0.29) is 0 Å². The molecule has 1 fully saturated rings. The number of anilines is 1. The van der Waals surface area contributed by atoms with Gasteiger partial charge in [-0.3, -0.25) is 0 Å². The van der Waals surface area contributed by atoms with E-state index in [9.17, 15) is 0 Å². The minimum Gasteiger partial charge on any atom is -0.385 e. The van der Waals surface area contributed by atoms with Crippen molar-refractivity contribution in [3.63, 3.8) is 0 Å². The van der Waals surface area contributed by atoms with Gasteiger partial charge in [0.05, 0.1) is 0 Å². The van der Waals surface area contributed by atoms with E-state index in [1.807, 2.05) is 11.6 Å². The Morgan fingerprint density at radius 1 is 1.35 bits per heavy atom. The van der Waals surface area contributed by atoms with Crippen molar-refractivity contribution in [1.82, 2.24) is 9.88 Å². The fourth-order valence-electron chi connectivity index (χ4n) is 2.66. The van der Waals surface area contributed by atoms with Gasteiger partial charge in [0.2, 0.25) is 0 Å². The van der Waals surface area contributed by atoms with Crippen LogP contribution in [0.2, 0.25) is 0 Å². The van der Waals surface area contributed by atoms with Crippen molar-refractivity contribution in [3.05, 3.63) is 35.8 Å². The zero-order chi connectivity index (χ0) is 13.8. The van der Waals surface area contributed by atoms with Crippen LogP contribution in [-0.4, -0.2) is 36.6 Å². The van der Waals surface area contributed by atoms with Crippen LogP contribution in [0.3, 0.4) is 0 Å². The van der Waals surface area contributed by atoms with E-state index in [1.165, 1.54) is 37.2 Å². The third-order valence-corrected chi connectivity index (χ3v) is 4.80. The molecule has 3 rings (SSSR count). The Kier molecular flexibility index (Phi) is 4.33. The normalized spacial score (nSPS) is 17.2. The molecule has 0 atom stereocenters. The fraction of sp³-hybridized carbons (Fsp3) is 0.438. The maximum atomic E-state index is 4.37. The Bertz CT molecular complexity index is 530. The Morgan fingerprint density at radius 2 is 2.20 bits per heavy atom. The molecule has 1 aliphatic rings. The van der Waals surface area contributed by atoms with Crippen LogP contribution in [0.25, 0.3) is 10.6 Å². The van der Waals surface area contributed by atoms with Gasteiger partial charge in [-0.1, -0.05) is 12.1 Å². The zero-order valence-electron chi connectivity index (χ0n) is 11.9. The third kappa shape index (κ3) is 3.38. The van der Waals surface area contributed by atoms with E-state index >= 15 is 0 Å². The number of nitrogens with one attached hydrogen (secondary N) is 1. The maximum absolute atomic E-state index is 4.37. The van der Waals surface area contributed by atoms with Gasteiger partial charge in [0.15, 0.2) is 0 Å². The number of piperidine rings is 1. The molecule has 1 aliphatic heterocycles. The van der Waals surface area contributed by atoms with E-state index in [4.69, 9.17) is 0 Å². The Balaban J connectivity index is 1.59. The van der Waals surface area contributed by atoms with Crippen LogP contribution in [0.4, 0.5) is 5.69 Å². The van der Waals surface area contributed by atoms with Crippen molar-refractivity contribution >= 4 is 17.0 Å². The van der Waals surface area contributed by atoms with Crippen LogP contribution in [0.5, 0.6) is 0 Å². The van der Waals surface area contributed by atoms with Gasteiger partial charge in [-0.2, -0.15) is 0 Å². The molecule has 106 valence electrons. The summed E-state index contributed by atoms with van der Waals surface area (Å²) in [5.74, 6) is 0.801. The lowest BCUT2D eigenvalue weighted by Gasteiger charge is -2.29. The molecular formula is C16H21N3S. The molecule has 0 bridgehead atoms. The summed E-state index contributed by atoms with van der Waals surface area (Å²) < 4.78 is 0. The summed E-state index contributed by atoms with van der Waals surface area (Å²) in [7, 11) is 2.21.